The van der Waals surface area contributed by atoms with Gasteiger partial charge >= 0.3 is 0 Å². The zero-order chi connectivity index (χ0) is 17.3. The van der Waals surface area contributed by atoms with Crippen molar-refractivity contribution >= 4 is 15.9 Å². The lowest BCUT2D eigenvalue weighted by atomic mass is 9.90. The van der Waals surface area contributed by atoms with E-state index in [0.717, 1.165) is 18.6 Å². The first-order valence-corrected chi connectivity index (χ1v) is 9.24. The van der Waals surface area contributed by atoms with E-state index in [1.807, 2.05) is 6.07 Å². The molecule has 0 aromatic carbocycles. The summed E-state index contributed by atoms with van der Waals surface area (Å²) < 4.78 is 28.0. The Morgan fingerprint density at radius 3 is 2.75 bits per heavy atom. The van der Waals surface area contributed by atoms with Crippen LogP contribution in [0.1, 0.15) is 41.9 Å². The zero-order valence-electron chi connectivity index (χ0n) is 13.3. The molecule has 1 aliphatic rings. The van der Waals surface area contributed by atoms with Gasteiger partial charge in [0.25, 0.3) is 15.9 Å². The third kappa shape index (κ3) is 3.34. The minimum Gasteiger partial charge on any atom is -0.467 e. The van der Waals surface area contributed by atoms with Crippen molar-refractivity contribution in [2.75, 3.05) is 6.54 Å². The summed E-state index contributed by atoms with van der Waals surface area (Å²) in [4.78, 5) is 18.4. The number of amides is 1. The molecular weight excluding hydrogens is 330 g/mol. The van der Waals surface area contributed by atoms with Crippen LogP contribution in [0.25, 0.3) is 0 Å². The van der Waals surface area contributed by atoms with Crippen LogP contribution in [-0.2, 0) is 10.0 Å². The van der Waals surface area contributed by atoms with Crippen LogP contribution >= 0.6 is 0 Å². The van der Waals surface area contributed by atoms with Gasteiger partial charge in [0.1, 0.15) is 5.76 Å². The monoisotopic (exact) mass is 349 g/mol. The molecule has 2 aromatic rings. The largest absolute Gasteiger partial charge is 0.467 e. The van der Waals surface area contributed by atoms with E-state index in [2.05, 4.69) is 11.9 Å². The van der Waals surface area contributed by atoms with Crippen LogP contribution in [0.4, 0.5) is 0 Å². The molecule has 1 amide bonds. The standard InChI is InChI=1S/C16H19N3O4S/c1-11-6-7-19(13(9-11)14-3-2-8-23-14)16(20)12-4-5-15(18-10-12)24(17,21)22/h2-5,8,10-11,13H,6-7,9H2,1H3,(H2,17,21,22)/t11-,13+/m0/s1. The number of carbonyl (C=O) groups excluding carboxylic acids is 1. The number of nitrogens with zero attached hydrogens (tertiary/aromatic N) is 2. The predicted octanol–water partition coefficient (Wildman–Crippen LogP) is 1.94. The van der Waals surface area contributed by atoms with Crippen LogP contribution in [0.15, 0.2) is 46.2 Å². The Balaban J connectivity index is 1.87. The minimum absolute atomic E-state index is 0.130. The van der Waals surface area contributed by atoms with Gasteiger partial charge in [-0.1, -0.05) is 6.92 Å². The number of carbonyl (C=O) groups is 1. The molecule has 1 saturated heterocycles. The Kier molecular flexibility index (Phi) is 4.42. The van der Waals surface area contributed by atoms with Crippen LogP contribution in [0.5, 0.6) is 0 Å². The summed E-state index contributed by atoms with van der Waals surface area (Å²) in [5.74, 6) is 1.05. The number of furan rings is 1. The summed E-state index contributed by atoms with van der Waals surface area (Å²) in [6.07, 6.45) is 4.58. The average Bonchev–Trinajstić information content (AvgIpc) is 3.08. The molecule has 128 valence electrons. The molecule has 0 spiro atoms. The summed E-state index contributed by atoms with van der Waals surface area (Å²) in [6, 6.07) is 6.23. The van der Waals surface area contributed by atoms with Crippen LogP contribution < -0.4 is 5.14 Å². The van der Waals surface area contributed by atoms with E-state index < -0.39 is 10.0 Å². The fraction of sp³-hybridized carbons (Fsp3) is 0.375. The number of nitrogens with two attached hydrogens (primary N) is 1. The molecule has 2 atom stereocenters. The molecular formula is C16H19N3O4S. The predicted molar refractivity (Wildman–Crippen MR) is 86.5 cm³/mol. The van der Waals surface area contributed by atoms with Gasteiger partial charge in [-0.3, -0.25) is 4.79 Å². The van der Waals surface area contributed by atoms with Gasteiger partial charge in [-0.15, -0.1) is 0 Å². The Hall–Kier alpha value is -2.19. The van der Waals surface area contributed by atoms with Crippen molar-refractivity contribution in [2.24, 2.45) is 11.1 Å². The summed E-state index contributed by atoms with van der Waals surface area (Å²) in [5, 5.41) is 4.77. The first-order valence-electron chi connectivity index (χ1n) is 7.69. The number of pyridine rings is 1. The van der Waals surface area contributed by atoms with Gasteiger partial charge in [0, 0.05) is 12.7 Å². The molecule has 8 heteroatoms. The van der Waals surface area contributed by atoms with Gasteiger partial charge in [0.15, 0.2) is 5.03 Å². The second-order valence-electron chi connectivity index (χ2n) is 6.09. The highest BCUT2D eigenvalue weighted by atomic mass is 32.2. The molecule has 24 heavy (non-hydrogen) atoms. The highest BCUT2D eigenvalue weighted by Crippen LogP contribution is 2.35. The number of piperidine rings is 1. The number of primary sulfonamides is 1. The Morgan fingerprint density at radius 2 is 2.17 bits per heavy atom. The normalized spacial score (nSPS) is 21.7. The van der Waals surface area contributed by atoms with Crippen molar-refractivity contribution in [2.45, 2.75) is 30.8 Å². The fourth-order valence-electron chi connectivity index (χ4n) is 2.98. The Morgan fingerprint density at radius 1 is 1.38 bits per heavy atom. The Labute approximate surface area is 140 Å². The molecule has 2 N–H and O–H groups in total. The molecule has 3 rings (SSSR count). The van der Waals surface area contributed by atoms with Crippen molar-refractivity contribution < 1.29 is 17.6 Å². The highest BCUT2D eigenvalue weighted by molar-refractivity contribution is 7.89. The smallest absolute Gasteiger partial charge is 0.256 e. The van der Waals surface area contributed by atoms with Crippen molar-refractivity contribution in [1.82, 2.24) is 9.88 Å². The van der Waals surface area contributed by atoms with Crippen molar-refractivity contribution in [3.05, 3.63) is 48.0 Å². The molecule has 1 fully saturated rings. The number of aromatic nitrogens is 1. The molecule has 7 nitrogen and oxygen atoms in total. The number of sulfonamides is 1. The van der Waals surface area contributed by atoms with E-state index in [-0.39, 0.29) is 17.0 Å². The molecule has 0 bridgehead atoms. The minimum atomic E-state index is -3.87. The van der Waals surface area contributed by atoms with Crippen LogP contribution in [0, 0.1) is 5.92 Å². The van der Waals surface area contributed by atoms with E-state index in [9.17, 15) is 13.2 Å². The molecule has 2 aromatic heterocycles. The van der Waals surface area contributed by atoms with E-state index in [4.69, 9.17) is 9.56 Å². The quantitative estimate of drug-likeness (QED) is 0.911. The summed E-state index contributed by atoms with van der Waals surface area (Å²) in [7, 11) is -3.87. The zero-order valence-corrected chi connectivity index (χ0v) is 14.1. The second-order valence-corrected chi connectivity index (χ2v) is 7.60. The van der Waals surface area contributed by atoms with Gasteiger partial charge in [0.05, 0.1) is 17.9 Å². The molecule has 0 aliphatic carbocycles. The maximum absolute atomic E-state index is 12.8. The van der Waals surface area contributed by atoms with E-state index in [1.165, 1.54) is 18.3 Å². The molecule has 0 saturated carbocycles. The summed E-state index contributed by atoms with van der Waals surface area (Å²) in [5.41, 5.74) is 0.327. The Bertz CT molecular complexity index is 816. The fourth-order valence-corrected chi connectivity index (χ4v) is 3.43. The van der Waals surface area contributed by atoms with E-state index in [1.54, 1.807) is 17.2 Å². The van der Waals surface area contributed by atoms with Crippen molar-refractivity contribution in [3.8, 4) is 0 Å². The van der Waals surface area contributed by atoms with Crippen LogP contribution in [0.2, 0.25) is 0 Å². The number of likely N-dealkylation sites (tertiary alicyclic amines) is 1. The topological polar surface area (TPSA) is 106 Å². The number of hydrogen-bond acceptors (Lipinski definition) is 5. The molecule has 1 aliphatic heterocycles. The van der Waals surface area contributed by atoms with Gasteiger partial charge in [-0.05, 0) is 43.0 Å². The first-order chi connectivity index (χ1) is 11.4. The summed E-state index contributed by atoms with van der Waals surface area (Å²) in [6.45, 7) is 2.77. The number of hydrogen-bond donors (Lipinski definition) is 1. The van der Waals surface area contributed by atoms with E-state index >= 15 is 0 Å². The van der Waals surface area contributed by atoms with Crippen LogP contribution in [0.3, 0.4) is 0 Å². The maximum atomic E-state index is 12.8. The van der Waals surface area contributed by atoms with Crippen LogP contribution in [-0.4, -0.2) is 30.8 Å². The van der Waals surface area contributed by atoms with Gasteiger partial charge in [0.2, 0.25) is 0 Å². The lowest BCUT2D eigenvalue weighted by Gasteiger charge is -2.37. The molecule has 0 unspecified atom stereocenters. The lowest BCUT2D eigenvalue weighted by molar-refractivity contribution is 0.0520. The average molecular weight is 349 g/mol. The molecule has 3 heterocycles. The van der Waals surface area contributed by atoms with Gasteiger partial charge in [-0.2, -0.15) is 0 Å². The first kappa shape index (κ1) is 16.7. The van der Waals surface area contributed by atoms with E-state index in [0.29, 0.717) is 18.0 Å². The van der Waals surface area contributed by atoms with Gasteiger partial charge < -0.3 is 9.32 Å². The SMILES string of the molecule is C[C@H]1CCN(C(=O)c2ccc(S(N)(=O)=O)nc2)[C@@H](c2ccco2)C1. The third-order valence-corrected chi connectivity index (χ3v) is 5.10. The highest BCUT2D eigenvalue weighted by Gasteiger charge is 2.33. The maximum Gasteiger partial charge on any atom is 0.256 e. The summed E-state index contributed by atoms with van der Waals surface area (Å²) >= 11 is 0. The molecule has 0 radical (unpaired) electrons. The van der Waals surface area contributed by atoms with Crippen molar-refractivity contribution in [3.63, 3.8) is 0 Å². The van der Waals surface area contributed by atoms with Gasteiger partial charge in [-0.25, -0.2) is 18.5 Å². The third-order valence-electron chi connectivity index (χ3n) is 4.27. The van der Waals surface area contributed by atoms with Crippen molar-refractivity contribution in [1.29, 1.82) is 0 Å². The lowest BCUT2D eigenvalue weighted by Crippen LogP contribution is -2.40. The number of rotatable bonds is 3. The second kappa shape index (κ2) is 6.37.